The van der Waals surface area contributed by atoms with Gasteiger partial charge in [-0.25, -0.2) is 13.1 Å². The first kappa shape index (κ1) is 26.1. The number of benzene rings is 2. The van der Waals surface area contributed by atoms with Crippen LogP contribution in [-0.4, -0.2) is 68.1 Å². The van der Waals surface area contributed by atoms with Gasteiger partial charge in [-0.05, 0) is 36.6 Å². The largest absolute Gasteiger partial charge is 0.416 e. The highest BCUT2D eigenvalue weighted by Crippen LogP contribution is 2.30. The molecule has 1 amide bonds. The van der Waals surface area contributed by atoms with Crippen LogP contribution >= 0.6 is 0 Å². The van der Waals surface area contributed by atoms with Gasteiger partial charge in [0.15, 0.2) is 0 Å². The Labute approximate surface area is 197 Å². The third-order valence-corrected chi connectivity index (χ3v) is 7.18. The number of sulfonamides is 1. The highest BCUT2D eigenvalue weighted by Gasteiger charge is 2.32. The number of carbonyl (C=O) groups is 1. The first-order valence-corrected chi connectivity index (χ1v) is 12.4. The molecule has 0 aliphatic carbocycles. The molecule has 186 valence electrons. The molecule has 3 rings (SSSR count). The van der Waals surface area contributed by atoms with Crippen LogP contribution in [0.15, 0.2) is 59.5 Å². The molecule has 7 nitrogen and oxygen atoms in total. The van der Waals surface area contributed by atoms with Gasteiger partial charge in [0.1, 0.15) is 0 Å². The smallest absolute Gasteiger partial charge is 0.395 e. The number of alkyl halides is 3. The number of aliphatic hydroxyl groups excluding tert-OH is 1. The Balaban J connectivity index is 1.54. The van der Waals surface area contributed by atoms with Crippen LogP contribution in [0.5, 0.6) is 0 Å². The number of hydrogen-bond donors (Lipinski definition) is 2. The molecule has 1 fully saturated rings. The standard InChI is InChI=1S/C23H28F3N3O4S/c24-23(25,26)19-7-4-8-21(15-19)34(32,33)27-20-9-11-29(12-10-20)22(31)17-28(13-14-30)16-18-5-2-1-3-6-18/h1-8,15,20,27,30H,9-14,16-17H2. The zero-order valence-electron chi connectivity index (χ0n) is 18.5. The van der Waals surface area contributed by atoms with E-state index in [0.717, 1.165) is 23.8 Å². The molecule has 34 heavy (non-hydrogen) atoms. The molecule has 0 radical (unpaired) electrons. The van der Waals surface area contributed by atoms with E-state index in [1.807, 2.05) is 35.2 Å². The van der Waals surface area contributed by atoms with Crippen LogP contribution in [0.4, 0.5) is 13.2 Å². The van der Waals surface area contributed by atoms with Crippen LogP contribution < -0.4 is 4.72 Å². The quantitative estimate of drug-likeness (QED) is 0.553. The van der Waals surface area contributed by atoms with Crippen molar-refractivity contribution in [2.24, 2.45) is 0 Å². The fourth-order valence-corrected chi connectivity index (χ4v) is 5.21. The molecular formula is C23H28F3N3O4S. The van der Waals surface area contributed by atoms with Crippen LogP contribution in [0, 0.1) is 0 Å². The summed E-state index contributed by atoms with van der Waals surface area (Å²) in [7, 11) is -4.13. The number of nitrogens with zero attached hydrogens (tertiary/aromatic N) is 2. The number of halogens is 3. The normalized spacial score (nSPS) is 15.6. The van der Waals surface area contributed by atoms with Crippen LogP contribution in [0.2, 0.25) is 0 Å². The Morgan fingerprint density at radius 1 is 1.09 bits per heavy atom. The number of piperidine rings is 1. The lowest BCUT2D eigenvalue weighted by molar-refractivity contribution is -0.137. The van der Waals surface area contributed by atoms with E-state index in [-0.39, 0.29) is 19.1 Å². The van der Waals surface area contributed by atoms with Crippen LogP contribution in [0.25, 0.3) is 0 Å². The van der Waals surface area contributed by atoms with Gasteiger partial charge < -0.3 is 10.0 Å². The summed E-state index contributed by atoms with van der Waals surface area (Å²) in [5.41, 5.74) is -0.00909. The average molecular weight is 500 g/mol. The van der Waals surface area contributed by atoms with Gasteiger partial charge in [0.05, 0.1) is 23.6 Å². The molecule has 2 aromatic rings. The maximum Gasteiger partial charge on any atom is 0.416 e. The minimum absolute atomic E-state index is 0.0838. The summed E-state index contributed by atoms with van der Waals surface area (Å²) in [5.74, 6) is -0.122. The maximum absolute atomic E-state index is 12.9. The summed E-state index contributed by atoms with van der Waals surface area (Å²) >= 11 is 0. The predicted molar refractivity (Wildman–Crippen MR) is 120 cm³/mol. The summed E-state index contributed by atoms with van der Waals surface area (Å²) in [6.07, 6.45) is -3.94. The second-order valence-corrected chi connectivity index (χ2v) is 9.94. The van der Waals surface area contributed by atoms with Gasteiger partial charge in [0, 0.05) is 32.2 Å². The molecule has 0 atom stereocenters. The number of carbonyl (C=O) groups excluding carboxylic acids is 1. The van der Waals surface area contributed by atoms with Gasteiger partial charge in [0.25, 0.3) is 0 Å². The van der Waals surface area contributed by atoms with E-state index in [2.05, 4.69) is 4.72 Å². The zero-order valence-corrected chi connectivity index (χ0v) is 19.4. The van der Waals surface area contributed by atoms with Crippen molar-refractivity contribution in [2.75, 3.05) is 32.8 Å². The SMILES string of the molecule is O=C(CN(CCO)Cc1ccccc1)N1CCC(NS(=O)(=O)c2cccc(C(F)(F)F)c2)CC1. The van der Waals surface area contributed by atoms with Crippen LogP contribution in [0.1, 0.15) is 24.0 Å². The average Bonchev–Trinajstić information content (AvgIpc) is 2.79. The molecule has 2 N–H and O–H groups in total. The Hall–Kier alpha value is -2.47. The van der Waals surface area contributed by atoms with E-state index in [4.69, 9.17) is 0 Å². The second-order valence-electron chi connectivity index (χ2n) is 8.22. The number of likely N-dealkylation sites (tertiary alicyclic amines) is 1. The molecular weight excluding hydrogens is 471 g/mol. The van der Waals surface area contributed by atoms with Crippen molar-refractivity contribution in [3.8, 4) is 0 Å². The highest BCUT2D eigenvalue weighted by molar-refractivity contribution is 7.89. The molecule has 0 saturated carbocycles. The molecule has 11 heteroatoms. The fourth-order valence-electron chi connectivity index (χ4n) is 3.86. The molecule has 1 aliphatic rings. The van der Waals surface area contributed by atoms with Crippen molar-refractivity contribution in [1.82, 2.24) is 14.5 Å². The van der Waals surface area contributed by atoms with E-state index in [9.17, 15) is 31.5 Å². The number of nitrogens with one attached hydrogen (secondary N) is 1. The summed E-state index contributed by atoms with van der Waals surface area (Å²) in [5, 5.41) is 9.34. The Morgan fingerprint density at radius 2 is 1.76 bits per heavy atom. The van der Waals surface area contributed by atoms with Crippen molar-refractivity contribution >= 4 is 15.9 Å². The molecule has 1 heterocycles. The number of amides is 1. The summed E-state index contributed by atoms with van der Waals surface area (Å²) in [4.78, 5) is 15.8. The topological polar surface area (TPSA) is 90.0 Å². The summed E-state index contributed by atoms with van der Waals surface area (Å²) < 4.78 is 66.4. The lowest BCUT2D eigenvalue weighted by Crippen LogP contribution is -2.49. The second kappa shape index (κ2) is 11.3. The monoisotopic (exact) mass is 499 g/mol. The number of rotatable bonds is 9. The van der Waals surface area contributed by atoms with Crippen molar-refractivity contribution in [1.29, 1.82) is 0 Å². The summed E-state index contributed by atoms with van der Waals surface area (Å²) in [6.45, 7) is 1.55. The van der Waals surface area contributed by atoms with Crippen molar-refractivity contribution in [3.05, 3.63) is 65.7 Å². The van der Waals surface area contributed by atoms with Crippen LogP contribution in [-0.2, 0) is 27.5 Å². The van der Waals surface area contributed by atoms with Crippen molar-refractivity contribution in [3.63, 3.8) is 0 Å². The van der Waals surface area contributed by atoms with E-state index >= 15 is 0 Å². The molecule has 1 aliphatic heterocycles. The Kier molecular flexibility index (Phi) is 8.69. The molecule has 0 bridgehead atoms. The fraction of sp³-hybridized carbons (Fsp3) is 0.435. The third kappa shape index (κ3) is 7.26. The van der Waals surface area contributed by atoms with Gasteiger partial charge >= 0.3 is 6.18 Å². The van der Waals surface area contributed by atoms with Gasteiger partial charge in [-0.3, -0.25) is 9.69 Å². The molecule has 0 aromatic heterocycles. The van der Waals surface area contributed by atoms with E-state index in [0.29, 0.717) is 45.1 Å². The van der Waals surface area contributed by atoms with Gasteiger partial charge in [-0.2, -0.15) is 13.2 Å². The lowest BCUT2D eigenvalue weighted by Gasteiger charge is -2.33. The van der Waals surface area contributed by atoms with Gasteiger partial charge in [-0.15, -0.1) is 0 Å². The zero-order chi connectivity index (χ0) is 24.8. The van der Waals surface area contributed by atoms with Crippen molar-refractivity contribution < 1.29 is 31.5 Å². The number of hydrogen-bond acceptors (Lipinski definition) is 5. The summed E-state index contributed by atoms with van der Waals surface area (Å²) in [6, 6.07) is 12.7. The van der Waals surface area contributed by atoms with Crippen LogP contribution in [0.3, 0.4) is 0 Å². The third-order valence-electron chi connectivity index (χ3n) is 5.67. The van der Waals surface area contributed by atoms with Gasteiger partial charge in [-0.1, -0.05) is 36.4 Å². The minimum atomic E-state index is -4.64. The van der Waals surface area contributed by atoms with E-state index < -0.39 is 32.7 Å². The lowest BCUT2D eigenvalue weighted by atomic mass is 10.1. The highest BCUT2D eigenvalue weighted by atomic mass is 32.2. The molecule has 0 unspecified atom stereocenters. The Bertz CT molecular complexity index is 1060. The molecule has 1 saturated heterocycles. The van der Waals surface area contributed by atoms with E-state index in [1.165, 1.54) is 0 Å². The number of aliphatic hydroxyl groups is 1. The van der Waals surface area contributed by atoms with Crippen molar-refractivity contribution in [2.45, 2.75) is 36.5 Å². The Morgan fingerprint density at radius 3 is 2.38 bits per heavy atom. The first-order chi connectivity index (χ1) is 16.1. The molecule has 0 spiro atoms. The first-order valence-electron chi connectivity index (χ1n) is 10.9. The van der Waals surface area contributed by atoms with Gasteiger partial charge in [0.2, 0.25) is 15.9 Å². The van der Waals surface area contributed by atoms with E-state index in [1.54, 1.807) is 4.90 Å². The minimum Gasteiger partial charge on any atom is -0.395 e. The maximum atomic E-state index is 12.9. The predicted octanol–water partition coefficient (Wildman–Crippen LogP) is 2.47. The molecule has 2 aromatic carbocycles.